The second-order valence-corrected chi connectivity index (χ2v) is 3.41. The van der Waals surface area contributed by atoms with Gasteiger partial charge in [0, 0.05) is 6.42 Å². The van der Waals surface area contributed by atoms with Gasteiger partial charge < -0.3 is 21.9 Å². The summed E-state index contributed by atoms with van der Waals surface area (Å²) in [5.74, 6) is -2.32. The molecule has 0 aliphatic rings. The fourth-order valence-electron chi connectivity index (χ4n) is 1.02. The van der Waals surface area contributed by atoms with Crippen LogP contribution in [0.4, 0.5) is 0 Å². The maximum atomic E-state index is 11.3. The lowest BCUT2D eigenvalue weighted by molar-refractivity contribution is -0.137. The number of hydrogen-bond donors (Lipinski definition) is 4. The Hall–Kier alpha value is -1.63. The SMILES string of the molecule is CCC(N)C(=O)NC(CCC(=O)O)C(N)=O. The first-order chi connectivity index (χ1) is 7.38. The van der Waals surface area contributed by atoms with Gasteiger partial charge in [-0.1, -0.05) is 6.92 Å². The van der Waals surface area contributed by atoms with Crippen molar-refractivity contribution in [2.45, 2.75) is 38.3 Å². The van der Waals surface area contributed by atoms with Gasteiger partial charge >= 0.3 is 5.97 Å². The van der Waals surface area contributed by atoms with E-state index in [1.807, 2.05) is 0 Å². The third-order valence-electron chi connectivity index (χ3n) is 2.08. The summed E-state index contributed by atoms with van der Waals surface area (Å²) in [6, 6.07) is -1.70. The summed E-state index contributed by atoms with van der Waals surface area (Å²) in [5, 5.41) is 10.8. The maximum absolute atomic E-state index is 11.3. The molecule has 2 unspecified atom stereocenters. The van der Waals surface area contributed by atoms with E-state index in [1.165, 1.54) is 0 Å². The van der Waals surface area contributed by atoms with Crippen LogP contribution in [0.5, 0.6) is 0 Å². The number of nitrogens with two attached hydrogens (primary N) is 2. The van der Waals surface area contributed by atoms with E-state index >= 15 is 0 Å². The zero-order valence-corrected chi connectivity index (χ0v) is 9.10. The molecule has 16 heavy (non-hydrogen) atoms. The number of primary amides is 1. The molecule has 0 saturated heterocycles. The van der Waals surface area contributed by atoms with Gasteiger partial charge in [-0.2, -0.15) is 0 Å². The van der Waals surface area contributed by atoms with Crippen LogP contribution in [0.3, 0.4) is 0 Å². The highest BCUT2D eigenvalue weighted by atomic mass is 16.4. The molecule has 0 radical (unpaired) electrons. The molecule has 92 valence electrons. The molecule has 7 nitrogen and oxygen atoms in total. The predicted molar refractivity (Wildman–Crippen MR) is 56.3 cm³/mol. The van der Waals surface area contributed by atoms with Crippen molar-refractivity contribution in [3.05, 3.63) is 0 Å². The Morgan fingerprint density at radius 1 is 1.38 bits per heavy atom. The van der Waals surface area contributed by atoms with E-state index < -0.39 is 29.9 Å². The fraction of sp³-hybridized carbons (Fsp3) is 0.667. The quantitative estimate of drug-likeness (QED) is 0.425. The monoisotopic (exact) mass is 231 g/mol. The predicted octanol–water partition coefficient (Wildman–Crippen LogP) is -1.44. The van der Waals surface area contributed by atoms with Gasteiger partial charge in [-0.3, -0.25) is 14.4 Å². The second-order valence-electron chi connectivity index (χ2n) is 3.41. The lowest BCUT2D eigenvalue weighted by Crippen LogP contribution is -2.50. The molecule has 0 aromatic carbocycles. The summed E-state index contributed by atoms with van der Waals surface area (Å²) >= 11 is 0. The van der Waals surface area contributed by atoms with Crippen molar-refractivity contribution in [1.29, 1.82) is 0 Å². The summed E-state index contributed by atoms with van der Waals surface area (Å²) < 4.78 is 0. The Morgan fingerprint density at radius 2 is 1.94 bits per heavy atom. The van der Waals surface area contributed by atoms with Crippen LogP contribution in [-0.2, 0) is 14.4 Å². The zero-order valence-electron chi connectivity index (χ0n) is 9.10. The number of nitrogens with one attached hydrogen (secondary N) is 1. The number of hydrogen-bond acceptors (Lipinski definition) is 4. The number of rotatable bonds is 7. The smallest absolute Gasteiger partial charge is 0.303 e. The standard InChI is InChI=1S/C9H17N3O4/c1-2-5(10)9(16)12-6(8(11)15)3-4-7(13)14/h5-6H,2-4,10H2,1H3,(H2,11,15)(H,12,16)(H,13,14). The zero-order chi connectivity index (χ0) is 12.7. The molecule has 0 rings (SSSR count). The van der Waals surface area contributed by atoms with E-state index in [0.717, 1.165) is 0 Å². The average Bonchev–Trinajstić information content (AvgIpc) is 2.21. The molecular formula is C9H17N3O4. The lowest BCUT2D eigenvalue weighted by Gasteiger charge is -2.16. The van der Waals surface area contributed by atoms with Gasteiger partial charge in [-0.15, -0.1) is 0 Å². The lowest BCUT2D eigenvalue weighted by atomic mass is 10.1. The number of carboxylic acids is 1. The van der Waals surface area contributed by atoms with Crippen molar-refractivity contribution in [3.63, 3.8) is 0 Å². The van der Waals surface area contributed by atoms with Crippen molar-refractivity contribution in [1.82, 2.24) is 5.32 Å². The molecule has 0 spiro atoms. The molecule has 0 aromatic rings. The second kappa shape index (κ2) is 6.78. The number of carbonyl (C=O) groups excluding carboxylic acids is 2. The minimum atomic E-state index is -1.06. The third-order valence-corrected chi connectivity index (χ3v) is 2.08. The third kappa shape index (κ3) is 5.30. The minimum Gasteiger partial charge on any atom is -0.481 e. The normalized spacial score (nSPS) is 13.9. The number of amides is 2. The topological polar surface area (TPSA) is 136 Å². The van der Waals surface area contributed by atoms with Gasteiger partial charge in [0.2, 0.25) is 11.8 Å². The highest BCUT2D eigenvalue weighted by molar-refractivity contribution is 5.89. The highest BCUT2D eigenvalue weighted by Crippen LogP contribution is 1.98. The van der Waals surface area contributed by atoms with E-state index in [4.69, 9.17) is 16.6 Å². The van der Waals surface area contributed by atoms with Gasteiger partial charge in [0.15, 0.2) is 0 Å². The van der Waals surface area contributed by atoms with Gasteiger partial charge in [0.05, 0.1) is 6.04 Å². The van der Waals surface area contributed by atoms with Crippen LogP contribution in [0.1, 0.15) is 26.2 Å². The number of carbonyl (C=O) groups is 3. The van der Waals surface area contributed by atoms with Crippen LogP contribution < -0.4 is 16.8 Å². The van der Waals surface area contributed by atoms with Crippen molar-refractivity contribution >= 4 is 17.8 Å². The molecule has 0 aromatic heterocycles. The summed E-state index contributed by atoms with van der Waals surface area (Å²) in [7, 11) is 0. The van der Waals surface area contributed by atoms with Gasteiger partial charge in [-0.05, 0) is 12.8 Å². The summed E-state index contributed by atoms with van der Waals surface area (Å²) in [6.07, 6.45) is 0.151. The van der Waals surface area contributed by atoms with Crippen LogP contribution in [-0.4, -0.2) is 35.0 Å². The molecule has 0 heterocycles. The minimum absolute atomic E-state index is 0.0349. The van der Waals surface area contributed by atoms with E-state index in [9.17, 15) is 14.4 Å². The molecule has 0 bridgehead atoms. The molecule has 0 saturated carbocycles. The maximum Gasteiger partial charge on any atom is 0.303 e. The van der Waals surface area contributed by atoms with Crippen molar-refractivity contribution < 1.29 is 19.5 Å². The van der Waals surface area contributed by atoms with Crippen molar-refractivity contribution in [2.75, 3.05) is 0 Å². The molecule has 6 N–H and O–H groups in total. The van der Waals surface area contributed by atoms with Gasteiger partial charge in [0.1, 0.15) is 6.04 Å². The average molecular weight is 231 g/mol. The summed E-state index contributed by atoms with van der Waals surface area (Å²) in [5.41, 5.74) is 10.5. The Bertz CT molecular complexity index is 280. The molecule has 2 atom stereocenters. The van der Waals surface area contributed by atoms with Gasteiger partial charge in [0.25, 0.3) is 0 Å². The van der Waals surface area contributed by atoms with E-state index in [0.29, 0.717) is 6.42 Å². The molecule has 0 aliphatic heterocycles. The Labute approximate surface area is 93.2 Å². The van der Waals surface area contributed by atoms with E-state index in [-0.39, 0.29) is 12.8 Å². The van der Waals surface area contributed by atoms with Gasteiger partial charge in [-0.25, -0.2) is 0 Å². The Kier molecular flexibility index (Phi) is 6.09. The molecular weight excluding hydrogens is 214 g/mol. The van der Waals surface area contributed by atoms with Crippen molar-refractivity contribution in [3.8, 4) is 0 Å². The molecule has 0 fully saturated rings. The van der Waals surface area contributed by atoms with Crippen LogP contribution in [0.15, 0.2) is 0 Å². The number of aliphatic carboxylic acids is 1. The Balaban J connectivity index is 4.28. The first-order valence-corrected chi connectivity index (χ1v) is 4.95. The van der Waals surface area contributed by atoms with Crippen LogP contribution in [0, 0.1) is 0 Å². The summed E-state index contributed by atoms with van der Waals surface area (Å²) in [6.45, 7) is 1.72. The van der Waals surface area contributed by atoms with Crippen LogP contribution in [0.2, 0.25) is 0 Å². The van der Waals surface area contributed by atoms with Crippen molar-refractivity contribution in [2.24, 2.45) is 11.5 Å². The highest BCUT2D eigenvalue weighted by Gasteiger charge is 2.21. The molecule has 7 heteroatoms. The first-order valence-electron chi connectivity index (χ1n) is 4.95. The molecule has 2 amide bonds. The summed E-state index contributed by atoms with van der Waals surface area (Å²) in [4.78, 5) is 32.6. The Morgan fingerprint density at radius 3 is 2.31 bits per heavy atom. The van der Waals surface area contributed by atoms with E-state index in [1.54, 1.807) is 6.92 Å². The number of carboxylic acid groups (broad SMARTS) is 1. The fourth-order valence-corrected chi connectivity index (χ4v) is 1.02. The van der Waals surface area contributed by atoms with Crippen LogP contribution in [0.25, 0.3) is 0 Å². The largest absolute Gasteiger partial charge is 0.481 e. The molecule has 0 aliphatic carbocycles. The first kappa shape index (κ1) is 14.4. The van der Waals surface area contributed by atoms with Crippen LogP contribution >= 0.6 is 0 Å². The van der Waals surface area contributed by atoms with E-state index in [2.05, 4.69) is 5.32 Å².